The van der Waals surface area contributed by atoms with E-state index in [9.17, 15) is 9.59 Å². The third-order valence-electron chi connectivity index (χ3n) is 5.13. The zero-order chi connectivity index (χ0) is 17.6. The lowest BCUT2D eigenvalue weighted by Gasteiger charge is -2.37. The minimum absolute atomic E-state index is 0. The summed E-state index contributed by atoms with van der Waals surface area (Å²) in [7, 11) is 1.88. The van der Waals surface area contributed by atoms with Crippen LogP contribution in [-0.2, 0) is 9.53 Å². The number of rotatable bonds is 4. The Morgan fingerprint density at radius 1 is 1.23 bits per heavy atom. The second-order valence-corrected chi connectivity index (χ2v) is 6.82. The largest absolute Gasteiger partial charge is 0.378 e. The van der Waals surface area contributed by atoms with Crippen LogP contribution in [0, 0.1) is 0 Å². The number of halogens is 1. The Bertz CT molecular complexity index is 585. The Balaban J connectivity index is 0.00000243. The van der Waals surface area contributed by atoms with E-state index < -0.39 is 0 Å². The molecule has 2 heterocycles. The number of carbonyl (C=O) groups excluding carboxylic acids is 2. The molecule has 1 atom stereocenters. The number of piperidine rings is 1. The van der Waals surface area contributed by atoms with Gasteiger partial charge in [0, 0.05) is 50.7 Å². The van der Waals surface area contributed by atoms with Crippen LogP contribution in [-0.4, -0.2) is 73.6 Å². The molecular formula is C19H28ClN3O3. The van der Waals surface area contributed by atoms with E-state index in [1.54, 1.807) is 0 Å². The number of nitrogens with one attached hydrogen (secondary N) is 1. The summed E-state index contributed by atoms with van der Waals surface area (Å²) in [6.45, 7) is 3.52. The van der Waals surface area contributed by atoms with Gasteiger partial charge < -0.3 is 19.9 Å². The van der Waals surface area contributed by atoms with Gasteiger partial charge in [0.15, 0.2) is 0 Å². The van der Waals surface area contributed by atoms with Gasteiger partial charge in [-0.1, -0.05) is 18.2 Å². The Hall–Kier alpha value is -1.63. The lowest BCUT2D eigenvalue weighted by Crippen LogP contribution is -2.49. The summed E-state index contributed by atoms with van der Waals surface area (Å²) in [5, 5.41) is 3.32. The minimum Gasteiger partial charge on any atom is -0.378 e. The van der Waals surface area contributed by atoms with Gasteiger partial charge in [-0.2, -0.15) is 0 Å². The molecule has 7 heteroatoms. The summed E-state index contributed by atoms with van der Waals surface area (Å²) < 4.78 is 5.41. The van der Waals surface area contributed by atoms with Gasteiger partial charge in [-0.25, -0.2) is 0 Å². The van der Waals surface area contributed by atoms with E-state index in [1.165, 1.54) is 0 Å². The number of likely N-dealkylation sites (tertiary alicyclic amines) is 1. The van der Waals surface area contributed by atoms with Crippen LogP contribution in [0.3, 0.4) is 0 Å². The SMILES string of the molecule is CN(C(=O)CC1COCCN1)C1CCN(C(=O)c2ccccc2)CC1.Cl. The maximum atomic E-state index is 12.5. The number of nitrogens with zero attached hydrogens (tertiary/aromatic N) is 2. The van der Waals surface area contributed by atoms with Crippen LogP contribution in [0.25, 0.3) is 0 Å². The van der Waals surface area contributed by atoms with Crippen molar-refractivity contribution in [2.75, 3.05) is 39.9 Å². The highest BCUT2D eigenvalue weighted by Crippen LogP contribution is 2.18. The first kappa shape index (κ1) is 20.7. The van der Waals surface area contributed by atoms with Crippen molar-refractivity contribution in [2.24, 2.45) is 0 Å². The van der Waals surface area contributed by atoms with E-state index in [0.717, 1.165) is 24.9 Å². The lowest BCUT2D eigenvalue weighted by molar-refractivity contribution is -0.134. The number of morpholine rings is 1. The van der Waals surface area contributed by atoms with Crippen LogP contribution in [0.15, 0.2) is 30.3 Å². The van der Waals surface area contributed by atoms with Gasteiger partial charge in [0.2, 0.25) is 5.91 Å². The highest BCUT2D eigenvalue weighted by atomic mass is 35.5. The zero-order valence-electron chi connectivity index (χ0n) is 15.2. The molecule has 1 aromatic carbocycles. The van der Waals surface area contributed by atoms with E-state index in [2.05, 4.69) is 5.32 Å². The smallest absolute Gasteiger partial charge is 0.253 e. The summed E-state index contributed by atoms with van der Waals surface area (Å²) >= 11 is 0. The van der Waals surface area contributed by atoms with Gasteiger partial charge in [0.05, 0.1) is 13.2 Å². The molecule has 26 heavy (non-hydrogen) atoms. The third-order valence-corrected chi connectivity index (χ3v) is 5.13. The van der Waals surface area contributed by atoms with Crippen LogP contribution >= 0.6 is 12.4 Å². The number of carbonyl (C=O) groups is 2. The molecule has 1 aromatic rings. The van der Waals surface area contributed by atoms with E-state index >= 15 is 0 Å². The Morgan fingerprint density at radius 3 is 2.54 bits per heavy atom. The fourth-order valence-corrected chi connectivity index (χ4v) is 3.53. The van der Waals surface area contributed by atoms with Crippen LogP contribution in [0.5, 0.6) is 0 Å². The first-order chi connectivity index (χ1) is 12.1. The van der Waals surface area contributed by atoms with Gasteiger partial charge in [-0.3, -0.25) is 9.59 Å². The average molecular weight is 382 g/mol. The monoisotopic (exact) mass is 381 g/mol. The van der Waals surface area contributed by atoms with Crippen LogP contribution in [0.2, 0.25) is 0 Å². The zero-order valence-corrected chi connectivity index (χ0v) is 16.0. The molecule has 0 radical (unpaired) electrons. The molecule has 0 spiro atoms. The molecule has 0 saturated carbocycles. The second-order valence-electron chi connectivity index (χ2n) is 6.82. The summed E-state index contributed by atoms with van der Waals surface area (Å²) in [6, 6.07) is 9.70. The molecule has 6 nitrogen and oxygen atoms in total. The summed E-state index contributed by atoms with van der Waals surface area (Å²) in [4.78, 5) is 28.7. The minimum atomic E-state index is 0. The van der Waals surface area contributed by atoms with Crippen LogP contribution in [0.1, 0.15) is 29.6 Å². The van der Waals surface area contributed by atoms with Crippen molar-refractivity contribution in [1.29, 1.82) is 0 Å². The van der Waals surface area contributed by atoms with Crippen LogP contribution in [0.4, 0.5) is 0 Å². The maximum Gasteiger partial charge on any atom is 0.253 e. The number of hydrogen-bond acceptors (Lipinski definition) is 4. The highest BCUT2D eigenvalue weighted by Gasteiger charge is 2.29. The topological polar surface area (TPSA) is 61.9 Å². The molecule has 0 aliphatic carbocycles. The molecule has 0 bridgehead atoms. The average Bonchev–Trinajstić information content (AvgIpc) is 2.68. The molecule has 2 fully saturated rings. The normalized spacial score (nSPS) is 21.0. The molecule has 1 N–H and O–H groups in total. The molecule has 2 saturated heterocycles. The number of benzene rings is 1. The Kier molecular flexibility index (Phi) is 7.87. The lowest BCUT2D eigenvalue weighted by atomic mass is 10.0. The molecule has 2 aliphatic heterocycles. The van der Waals surface area contributed by atoms with Crippen molar-refractivity contribution in [1.82, 2.24) is 15.1 Å². The van der Waals surface area contributed by atoms with Crippen molar-refractivity contribution < 1.29 is 14.3 Å². The van der Waals surface area contributed by atoms with E-state index in [1.807, 2.05) is 47.2 Å². The van der Waals surface area contributed by atoms with Crippen molar-refractivity contribution in [2.45, 2.75) is 31.3 Å². The first-order valence-corrected chi connectivity index (χ1v) is 9.06. The summed E-state index contributed by atoms with van der Waals surface area (Å²) in [5.41, 5.74) is 0.730. The van der Waals surface area contributed by atoms with Gasteiger partial charge in [-0.05, 0) is 25.0 Å². The molecule has 0 aromatic heterocycles. The van der Waals surface area contributed by atoms with E-state index in [4.69, 9.17) is 4.74 Å². The Morgan fingerprint density at radius 2 is 1.92 bits per heavy atom. The molecule has 2 amide bonds. The predicted molar refractivity (Wildman–Crippen MR) is 103 cm³/mol. The first-order valence-electron chi connectivity index (χ1n) is 9.06. The second kappa shape index (κ2) is 9.90. The molecule has 144 valence electrons. The number of hydrogen-bond donors (Lipinski definition) is 1. The predicted octanol–water partition coefficient (Wildman–Crippen LogP) is 1.55. The maximum absolute atomic E-state index is 12.5. The molecule has 2 aliphatic rings. The highest BCUT2D eigenvalue weighted by molar-refractivity contribution is 5.94. The molecule has 3 rings (SSSR count). The van der Waals surface area contributed by atoms with E-state index in [0.29, 0.717) is 32.7 Å². The van der Waals surface area contributed by atoms with Gasteiger partial charge >= 0.3 is 0 Å². The van der Waals surface area contributed by atoms with Crippen molar-refractivity contribution in [3.63, 3.8) is 0 Å². The summed E-state index contributed by atoms with van der Waals surface area (Å²) in [5.74, 6) is 0.229. The fraction of sp³-hybridized carbons (Fsp3) is 0.579. The van der Waals surface area contributed by atoms with Crippen LogP contribution < -0.4 is 5.32 Å². The van der Waals surface area contributed by atoms with Gasteiger partial charge in [0.1, 0.15) is 0 Å². The molecular weight excluding hydrogens is 354 g/mol. The Labute approximate surface area is 161 Å². The van der Waals surface area contributed by atoms with Crippen molar-refractivity contribution >= 4 is 24.2 Å². The number of amides is 2. The fourth-order valence-electron chi connectivity index (χ4n) is 3.53. The quantitative estimate of drug-likeness (QED) is 0.859. The standard InChI is InChI=1S/C19H27N3O3.ClH/c1-21(18(23)13-16-14-25-12-9-20-16)17-7-10-22(11-8-17)19(24)15-5-3-2-4-6-15;/h2-6,16-17,20H,7-14H2,1H3;1H. The summed E-state index contributed by atoms with van der Waals surface area (Å²) in [6.07, 6.45) is 2.13. The van der Waals surface area contributed by atoms with Crippen molar-refractivity contribution in [3.05, 3.63) is 35.9 Å². The molecule has 1 unspecified atom stereocenters. The third kappa shape index (κ3) is 5.19. The van der Waals surface area contributed by atoms with Gasteiger partial charge in [0.25, 0.3) is 5.91 Å². The van der Waals surface area contributed by atoms with Gasteiger partial charge in [-0.15, -0.1) is 12.4 Å². The number of ether oxygens (including phenoxy) is 1. The van der Waals surface area contributed by atoms with E-state index in [-0.39, 0.29) is 36.3 Å². The van der Waals surface area contributed by atoms with Crippen molar-refractivity contribution in [3.8, 4) is 0 Å².